The zero-order chi connectivity index (χ0) is 10.8. The van der Waals surface area contributed by atoms with Gasteiger partial charge in [0, 0.05) is 0 Å². The number of carbonyl (C=O) groups is 1. The predicted molar refractivity (Wildman–Crippen MR) is 49.8 cm³/mol. The molecular formula is C10H7FN2O2. The number of amides is 1. The Morgan fingerprint density at radius 3 is 2.87 bits per heavy atom. The Balaban J connectivity index is 2.37. The van der Waals surface area contributed by atoms with Gasteiger partial charge in [0.2, 0.25) is 0 Å². The molecular weight excluding hydrogens is 199 g/mol. The van der Waals surface area contributed by atoms with Crippen molar-refractivity contribution >= 4 is 11.8 Å². The fourth-order valence-electron chi connectivity index (χ4n) is 1.41. The van der Waals surface area contributed by atoms with Gasteiger partial charge >= 0.3 is 6.09 Å². The standard InChI is InChI=1S/C10H7FN2O2/c11-8-5-7(6-12)1-2-9(8)13-3-4-15-10(13)14/h1-2,5H,3-4H2. The zero-order valence-corrected chi connectivity index (χ0v) is 7.74. The molecule has 0 bridgehead atoms. The van der Waals surface area contributed by atoms with Crippen LogP contribution in [-0.4, -0.2) is 19.2 Å². The summed E-state index contributed by atoms with van der Waals surface area (Å²) in [7, 11) is 0. The summed E-state index contributed by atoms with van der Waals surface area (Å²) in [6.07, 6.45) is -0.557. The number of ether oxygens (including phenoxy) is 1. The van der Waals surface area contributed by atoms with Gasteiger partial charge in [-0.25, -0.2) is 9.18 Å². The number of halogens is 1. The monoisotopic (exact) mass is 206 g/mol. The molecule has 0 spiro atoms. The van der Waals surface area contributed by atoms with Crippen LogP contribution in [0.1, 0.15) is 5.56 Å². The van der Waals surface area contributed by atoms with E-state index in [2.05, 4.69) is 4.74 Å². The molecule has 1 aromatic rings. The smallest absolute Gasteiger partial charge is 0.414 e. The lowest BCUT2D eigenvalue weighted by Gasteiger charge is -2.13. The van der Waals surface area contributed by atoms with E-state index in [4.69, 9.17) is 5.26 Å². The molecule has 1 aliphatic rings. The summed E-state index contributed by atoms with van der Waals surface area (Å²) in [6.45, 7) is 0.597. The van der Waals surface area contributed by atoms with Crippen LogP contribution >= 0.6 is 0 Å². The van der Waals surface area contributed by atoms with Crippen molar-refractivity contribution in [3.8, 4) is 6.07 Å². The van der Waals surface area contributed by atoms with Crippen molar-refractivity contribution in [3.05, 3.63) is 29.6 Å². The van der Waals surface area contributed by atoms with Crippen molar-refractivity contribution in [2.75, 3.05) is 18.1 Å². The van der Waals surface area contributed by atoms with E-state index in [1.807, 2.05) is 6.07 Å². The van der Waals surface area contributed by atoms with E-state index in [0.717, 1.165) is 6.07 Å². The van der Waals surface area contributed by atoms with Crippen molar-refractivity contribution < 1.29 is 13.9 Å². The molecule has 0 aromatic heterocycles. The predicted octanol–water partition coefficient (Wildman–Crippen LogP) is 1.65. The third-order valence-corrected chi connectivity index (χ3v) is 2.13. The molecule has 1 aromatic carbocycles. The van der Waals surface area contributed by atoms with Gasteiger partial charge in [-0.1, -0.05) is 0 Å². The highest BCUT2D eigenvalue weighted by Crippen LogP contribution is 2.23. The minimum absolute atomic E-state index is 0.150. The fraction of sp³-hybridized carbons (Fsp3) is 0.200. The zero-order valence-electron chi connectivity index (χ0n) is 7.74. The van der Waals surface area contributed by atoms with Gasteiger partial charge in [-0.2, -0.15) is 5.26 Å². The Bertz CT molecular complexity index is 453. The lowest BCUT2D eigenvalue weighted by Crippen LogP contribution is -2.24. The van der Waals surface area contributed by atoms with Gasteiger partial charge in [-0.05, 0) is 18.2 Å². The van der Waals surface area contributed by atoms with Crippen LogP contribution in [0.4, 0.5) is 14.9 Å². The molecule has 1 aliphatic heterocycles. The summed E-state index contributed by atoms with van der Waals surface area (Å²) in [4.78, 5) is 12.4. The van der Waals surface area contributed by atoms with Crippen molar-refractivity contribution in [1.29, 1.82) is 5.26 Å². The SMILES string of the molecule is N#Cc1ccc(N2CCOC2=O)c(F)c1. The Labute approximate surface area is 85.5 Å². The largest absolute Gasteiger partial charge is 0.447 e. The second kappa shape index (κ2) is 3.58. The summed E-state index contributed by atoms with van der Waals surface area (Å²) < 4.78 is 18.1. The first-order valence-electron chi connectivity index (χ1n) is 4.36. The number of anilines is 1. The van der Waals surface area contributed by atoms with E-state index in [9.17, 15) is 9.18 Å². The van der Waals surface area contributed by atoms with Gasteiger partial charge in [-0.3, -0.25) is 4.90 Å². The number of carbonyl (C=O) groups excluding carboxylic acids is 1. The Morgan fingerprint density at radius 2 is 2.33 bits per heavy atom. The molecule has 4 nitrogen and oxygen atoms in total. The molecule has 0 aliphatic carbocycles. The van der Waals surface area contributed by atoms with Gasteiger partial charge in [0.1, 0.15) is 12.4 Å². The lowest BCUT2D eigenvalue weighted by molar-refractivity contribution is 0.181. The second-order valence-corrected chi connectivity index (χ2v) is 3.04. The van der Waals surface area contributed by atoms with Crippen molar-refractivity contribution in [3.63, 3.8) is 0 Å². The van der Waals surface area contributed by atoms with Crippen LogP contribution in [0.25, 0.3) is 0 Å². The van der Waals surface area contributed by atoms with Crippen LogP contribution in [0.15, 0.2) is 18.2 Å². The van der Waals surface area contributed by atoms with E-state index in [1.165, 1.54) is 17.0 Å². The number of nitrogens with zero attached hydrogens (tertiary/aromatic N) is 2. The van der Waals surface area contributed by atoms with Crippen LogP contribution in [0.3, 0.4) is 0 Å². The molecule has 1 heterocycles. The quantitative estimate of drug-likeness (QED) is 0.702. The molecule has 2 rings (SSSR count). The van der Waals surface area contributed by atoms with E-state index in [1.54, 1.807) is 0 Å². The molecule has 5 heteroatoms. The molecule has 1 saturated heterocycles. The highest BCUT2D eigenvalue weighted by molar-refractivity contribution is 5.89. The highest BCUT2D eigenvalue weighted by atomic mass is 19.1. The van der Waals surface area contributed by atoms with Gasteiger partial charge in [0.15, 0.2) is 0 Å². The molecule has 0 atom stereocenters. The lowest BCUT2D eigenvalue weighted by atomic mass is 10.2. The minimum Gasteiger partial charge on any atom is -0.447 e. The Kier molecular flexibility index (Phi) is 2.26. The number of hydrogen-bond acceptors (Lipinski definition) is 3. The first-order valence-corrected chi connectivity index (χ1v) is 4.36. The van der Waals surface area contributed by atoms with Crippen molar-refractivity contribution in [2.24, 2.45) is 0 Å². The molecule has 1 amide bonds. The minimum atomic E-state index is -0.590. The fourth-order valence-corrected chi connectivity index (χ4v) is 1.41. The van der Waals surface area contributed by atoms with Gasteiger partial charge in [-0.15, -0.1) is 0 Å². The maximum Gasteiger partial charge on any atom is 0.414 e. The molecule has 0 N–H and O–H groups in total. The van der Waals surface area contributed by atoms with Gasteiger partial charge < -0.3 is 4.74 Å². The number of hydrogen-bond donors (Lipinski definition) is 0. The first kappa shape index (κ1) is 9.46. The number of benzene rings is 1. The summed E-state index contributed by atoms with van der Waals surface area (Å²) >= 11 is 0. The van der Waals surface area contributed by atoms with Crippen LogP contribution < -0.4 is 4.90 Å². The number of rotatable bonds is 1. The maximum atomic E-state index is 13.5. The van der Waals surface area contributed by atoms with Crippen LogP contribution in [0.2, 0.25) is 0 Å². The summed E-state index contributed by atoms with van der Waals surface area (Å²) in [5.74, 6) is -0.590. The number of nitriles is 1. The molecule has 0 radical (unpaired) electrons. The third-order valence-electron chi connectivity index (χ3n) is 2.13. The molecule has 1 fully saturated rings. The topological polar surface area (TPSA) is 53.3 Å². The van der Waals surface area contributed by atoms with Gasteiger partial charge in [0.05, 0.1) is 23.9 Å². The average Bonchev–Trinajstić information content (AvgIpc) is 2.64. The van der Waals surface area contributed by atoms with Gasteiger partial charge in [0.25, 0.3) is 0 Å². The van der Waals surface area contributed by atoms with E-state index < -0.39 is 11.9 Å². The maximum absolute atomic E-state index is 13.5. The summed E-state index contributed by atoms with van der Waals surface area (Å²) in [5.41, 5.74) is 0.375. The van der Waals surface area contributed by atoms with Crippen molar-refractivity contribution in [1.82, 2.24) is 0 Å². The van der Waals surface area contributed by atoms with Crippen LogP contribution in [0, 0.1) is 17.1 Å². The van der Waals surface area contributed by atoms with Crippen LogP contribution in [-0.2, 0) is 4.74 Å². The average molecular weight is 206 g/mol. The van der Waals surface area contributed by atoms with E-state index in [0.29, 0.717) is 6.54 Å². The highest BCUT2D eigenvalue weighted by Gasteiger charge is 2.25. The summed E-state index contributed by atoms with van der Waals surface area (Å²) in [6, 6.07) is 5.79. The summed E-state index contributed by atoms with van der Waals surface area (Å²) in [5, 5.41) is 8.55. The third kappa shape index (κ3) is 1.62. The Morgan fingerprint density at radius 1 is 1.53 bits per heavy atom. The molecule has 0 unspecified atom stereocenters. The Hall–Kier alpha value is -2.09. The molecule has 15 heavy (non-hydrogen) atoms. The molecule has 0 saturated carbocycles. The normalized spacial score (nSPS) is 14.9. The van der Waals surface area contributed by atoms with Crippen LogP contribution in [0.5, 0.6) is 0 Å². The van der Waals surface area contributed by atoms with Crippen molar-refractivity contribution in [2.45, 2.75) is 0 Å². The second-order valence-electron chi connectivity index (χ2n) is 3.04. The van der Waals surface area contributed by atoms with E-state index >= 15 is 0 Å². The molecule has 76 valence electrons. The number of cyclic esters (lactones) is 1. The van der Waals surface area contributed by atoms with E-state index in [-0.39, 0.29) is 17.9 Å². The first-order chi connectivity index (χ1) is 7.22.